The maximum Gasteiger partial charge on any atom is 0.350 e. The zero-order chi connectivity index (χ0) is 21.2. The van der Waals surface area contributed by atoms with Gasteiger partial charge in [0.2, 0.25) is 0 Å². The summed E-state index contributed by atoms with van der Waals surface area (Å²) in [6, 6.07) is 20.6. The smallest absolute Gasteiger partial charge is 0.350 e. The topological polar surface area (TPSA) is 95.0 Å². The Labute approximate surface area is 178 Å². The van der Waals surface area contributed by atoms with Gasteiger partial charge < -0.3 is 9.84 Å². The van der Waals surface area contributed by atoms with E-state index in [1.165, 1.54) is 4.68 Å². The molecule has 8 heteroatoms. The molecule has 1 N–H and O–H groups in total. The van der Waals surface area contributed by atoms with Gasteiger partial charge in [-0.1, -0.05) is 53.7 Å². The van der Waals surface area contributed by atoms with Crippen molar-refractivity contribution in [2.75, 3.05) is 6.54 Å². The van der Waals surface area contributed by atoms with Crippen LogP contribution in [0.2, 0.25) is 0 Å². The number of carbonyl (C=O) groups is 1. The number of hydrogen-bond acceptors (Lipinski definition) is 5. The first-order valence-electron chi connectivity index (χ1n) is 10.3. The summed E-state index contributed by atoms with van der Waals surface area (Å²) >= 11 is 0. The van der Waals surface area contributed by atoms with E-state index >= 15 is 0 Å². The van der Waals surface area contributed by atoms with Gasteiger partial charge in [-0.25, -0.2) is 14.0 Å². The van der Waals surface area contributed by atoms with Crippen LogP contribution in [0, 0.1) is 0 Å². The van der Waals surface area contributed by atoms with Crippen LogP contribution in [0.25, 0.3) is 17.0 Å². The molecule has 4 aromatic rings. The van der Waals surface area contributed by atoms with E-state index in [1.807, 2.05) is 60.7 Å². The first kappa shape index (κ1) is 19.0. The van der Waals surface area contributed by atoms with Crippen LogP contribution in [0.15, 0.2) is 76.0 Å². The minimum Gasteiger partial charge on any atom is -0.355 e. The highest BCUT2D eigenvalue weighted by Gasteiger charge is 2.31. The molecule has 8 nitrogen and oxygen atoms in total. The van der Waals surface area contributed by atoms with Gasteiger partial charge in [-0.15, -0.1) is 0 Å². The van der Waals surface area contributed by atoms with Gasteiger partial charge in [0, 0.05) is 24.1 Å². The number of rotatable bonds is 7. The summed E-state index contributed by atoms with van der Waals surface area (Å²) in [5, 5.41) is 11.2. The normalized spacial score (nSPS) is 13.3. The Balaban J connectivity index is 1.27. The standard InChI is InChI=1S/C23H21N5O3/c29-22(19-15-20(31-26-19)16-7-3-1-4-8-16)24-13-14-27-23(30)28(18-9-5-2-6-10-18)21(25-27)17-11-12-17/h1-10,15,17H,11-14H2,(H,24,29). The summed E-state index contributed by atoms with van der Waals surface area (Å²) in [6.07, 6.45) is 2.08. The predicted molar refractivity (Wildman–Crippen MR) is 114 cm³/mol. The third-order valence-electron chi connectivity index (χ3n) is 5.23. The highest BCUT2D eigenvalue weighted by Crippen LogP contribution is 2.39. The molecule has 1 fully saturated rings. The SMILES string of the molecule is O=C(NCCn1nc(C2CC2)n(-c2ccccc2)c1=O)c1cc(-c2ccccc2)on1. The number of hydrogen-bond donors (Lipinski definition) is 1. The summed E-state index contributed by atoms with van der Waals surface area (Å²) < 4.78 is 8.36. The lowest BCUT2D eigenvalue weighted by atomic mass is 10.1. The molecule has 1 aliphatic rings. The van der Waals surface area contributed by atoms with Crippen molar-refractivity contribution in [2.24, 2.45) is 0 Å². The van der Waals surface area contributed by atoms with Crippen molar-refractivity contribution in [3.63, 3.8) is 0 Å². The molecule has 0 aliphatic heterocycles. The molecule has 1 amide bonds. The van der Waals surface area contributed by atoms with Crippen molar-refractivity contribution in [1.29, 1.82) is 0 Å². The lowest BCUT2D eigenvalue weighted by Crippen LogP contribution is -2.32. The lowest BCUT2D eigenvalue weighted by Gasteiger charge is -2.03. The fourth-order valence-electron chi connectivity index (χ4n) is 3.48. The van der Waals surface area contributed by atoms with E-state index in [9.17, 15) is 9.59 Å². The molecule has 1 aliphatic carbocycles. The van der Waals surface area contributed by atoms with Crippen molar-refractivity contribution >= 4 is 5.91 Å². The molecular weight excluding hydrogens is 394 g/mol. The second-order valence-electron chi connectivity index (χ2n) is 7.51. The maximum absolute atomic E-state index is 13.0. The lowest BCUT2D eigenvalue weighted by molar-refractivity contribution is 0.0943. The molecule has 0 bridgehead atoms. The number of para-hydroxylation sites is 1. The molecule has 0 saturated heterocycles. The summed E-state index contributed by atoms with van der Waals surface area (Å²) in [5.74, 6) is 1.27. The number of carbonyl (C=O) groups excluding carboxylic acids is 1. The van der Waals surface area contributed by atoms with Crippen molar-refractivity contribution in [3.05, 3.63) is 88.7 Å². The molecule has 2 aromatic carbocycles. The third-order valence-corrected chi connectivity index (χ3v) is 5.23. The quantitative estimate of drug-likeness (QED) is 0.501. The summed E-state index contributed by atoms with van der Waals surface area (Å²) in [6.45, 7) is 0.524. The van der Waals surface area contributed by atoms with Gasteiger partial charge in [-0.3, -0.25) is 4.79 Å². The Morgan fingerprint density at radius 2 is 1.77 bits per heavy atom. The van der Waals surface area contributed by atoms with Gasteiger partial charge in [0.1, 0.15) is 5.82 Å². The first-order valence-corrected chi connectivity index (χ1v) is 10.3. The molecule has 0 spiro atoms. The van der Waals surface area contributed by atoms with E-state index in [1.54, 1.807) is 10.6 Å². The Bertz CT molecular complexity index is 1250. The van der Waals surface area contributed by atoms with E-state index in [-0.39, 0.29) is 30.4 Å². The van der Waals surface area contributed by atoms with Gasteiger partial charge in [0.15, 0.2) is 11.5 Å². The average molecular weight is 415 g/mol. The Hall–Kier alpha value is -3.94. The molecule has 156 valence electrons. The van der Waals surface area contributed by atoms with Crippen molar-refractivity contribution < 1.29 is 9.32 Å². The van der Waals surface area contributed by atoms with E-state index in [0.29, 0.717) is 11.7 Å². The highest BCUT2D eigenvalue weighted by molar-refractivity contribution is 5.93. The number of nitrogens with zero attached hydrogens (tertiary/aromatic N) is 4. The largest absolute Gasteiger partial charge is 0.355 e. The van der Waals surface area contributed by atoms with Crippen LogP contribution in [0.3, 0.4) is 0 Å². The monoisotopic (exact) mass is 415 g/mol. The minimum atomic E-state index is -0.358. The summed E-state index contributed by atoms with van der Waals surface area (Å²) in [5.41, 5.74) is 1.65. The van der Waals surface area contributed by atoms with Crippen molar-refractivity contribution in [3.8, 4) is 17.0 Å². The van der Waals surface area contributed by atoms with Gasteiger partial charge in [0.05, 0.1) is 12.2 Å². The highest BCUT2D eigenvalue weighted by atomic mass is 16.5. The van der Waals surface area contributed by atoms with Gasteiger partial charge in [0.25, 0.3) is 5.91 Å². The van der Waals surface area contributed by atoms with Crippen molar-refractivity contribution in [2.45, 2.75) is 25.3 Å². The zero-order valence-electron chi connectivity index (χ0n) is 16.8. The fraction of sp³-hybridized carbons (Fsp3) is 0.217. The Morgan fingerprint density at radius 1 is 1.06 bits per heavy atom. The molecule has 2 aromatic heterocycles. The zero-order valence-corrected chi connectivity index (χ0v) is 16.8. The van der Waals surface area contributed by atoms with E-state index in [2.05, 4.69) is 15.6 Å². The predicted octanol–water partition coefficient (Wildman–Crippen LogP) is 3.00. The van der Waals surface area contributed by atoms with Crippen molar-refractivity contribution in [1.82, 2.24) is 24.8 Å². The van der Waals surface area contributed by atoms with E-state index in [0.717, 1.165) is 29.9 Å². The number of benzene rings is 2. The number of aromatic nitrogens is 4. The Morgan fingerprint density at radius 3 is 2.48 bits per heavy atom. The second-order valence-corrected chi connectivity index (χ2v) is 7.51. The van der Waals surface area contributed by atoms with Gasteiger partial charge in [-0.05, 0) is 25.0 Å². The summed E-state index contributed by atoms with van der Waals surface area (Å²) in [7, 11) is 0. The molecule has 0 unspecified atom stereocenters. The third kappa shape index (κ3) is 3.92. The van der Waals surface area contributed by atoms with Crippen LogP contribution < -0.4 is 11.0 Å². The van der Waals surface area contributed by atoms with E-state index in [4.69, 9.17) is 4.52 Å². The van der Waals surface area contributed by atoms with Crippen LogP contribution in [-0.4, -0.2) is 32.0 Å². The van der Waals surface area contributed by atoms with Gasteiger partial charge >= 0.3 is 5.69 Å². The molecule has 31 heavy (non-hydrogen) atoms. The molecular formula is C23H21N5O3. The second kappa shape index (κ2) is 8.06. The maximum atomic E-state index is 13.0. The summed E-state index contributed by atoms with van der Waals surface area (Å²) in [4.78, 5) is 25.4. The van der Waals surface area contributed by atoms with Crippen LogP contribution in [0.1, 0.15) is 35.1 Å². The number of nitrogens with one attached hydrogen (secondary N) is 1. The molecule has 0 radical (unpaired) electrons. The molecule has 1 saturated carbocycles. The number of amides is 1. The average Bonchev–Trinajstić information content (AvgIpc) is 3.44. The fourth-order valence-corrected chi connectivity index (χ4v) is 3.48. The van der Waals surface area contributed by atoms with Crippen LogP contribution in [0.4, 0.5) is 0 Å². The van der Waals surface area contributed by atoms with Crippen LogP contribution >= 0.6 is 0 Å². The van der Waals surface area contributed by atoms with Gasteiger partial charge in [-0.2, -0.15) is 5.10 Å². The minimum absolute atomic E-state index is 0.194. The van der Waals surface area contributed by atoms with E-state index < -0.39 is 0 Å². The van der Waals surface area contributed by atoms with Crippen LogP contribution in [-0.2, 0) is 6.54 Å². The Kier molecular flexibility index (Phi) is 4.95. The molecule has 2 heterocycles. The first-order chi connectivity index (χ1) is 15.2. The van der Waals surface area contributed by atoms with Crippen LogP contribution in [0.5, 0.6) is 0 Å². The molecule has 5 rings (SSSR count). The molecule has 0 atom stereocenters.